The Balaban J connectivity index is 1.88. The number of hydrogen-bond acceptors (Lipinski definition) is 10. The predicted octanol–water partition coefficient (Wildman–Crippen LogP) is 1.14. The molecule has 11 nitrogen and oxygen atoms in total. The van der Waals surface area contributed by atoms with Crippen LogP contribution in [0.1, 0.15) is 47.0 Å². The minimum atomic E-state index is -4.11. The summed E-state index contributed by atoms with van der Waals surface area (Å²) in [7, 11) is -2.36. The number of phosphoric ester groups is 1. The third kappa shape index (κ3) is 6.57. The van der Waals surface area contributed by atoms with E-state index in [1.807, 2.05) is 6.92 Å². The van der Waals surface area contributed by atoms with E-state index in [9.17, 15) is 18.9 Å². The first-order valence-electron chi connectivity index (χ1n) is 9.97. The van der Waals surface area contributed by atoms with Crippen LogP contribution in [0.5, 0.6) is 0 Å². The second kappa shape index (κ2) is 10.3. The van der Waals surface area contributed by atoms with Gasteiger partial charge in [0.2, 0.25) is 12.7 Å². The summed E-state index contributed by atoms with van der Waals surface area (Å²) in [4.78, 5) is 35.8. The van der Waals surface area contributed by atoms with Crippen molar-refractivity contribution in [3.63, 3.8) is 0 Å². The van der Waals surface area contributed by atoms with E-state index in [0.29, 0.717) is 6.42 Å². The molecular formula is C18H32N3O8P. The van der Waals surface area contributed by atoms with E-state index in [0.717, 1.165) is 6.42 Å². The van der Waals surface area contributed by atoms with Crippen molar-refractivity contribution in [3.05, 3.63) is 0 Å². The van der Waals surface area contributed by atoms with Gasteiger partial charge in [0.05, 0.1) is 6.61 Å². The van der Waals surface area contributed by atoms with Crippen molar-refractivity contribution in [2.45, 2.75) is 65.1 Å². The lowest BCUT2D eigenvalue weighted by Crippen LogP contribution is -2.50. The first-order chi connectivity index (χ1) is 14.0. The number of likely N-dealkylation sites (N-methyl/N-ethyl adjacent to an activating group) is 1. The van der Waals surface area contributed by atoms with Gasteiger partial charge in [-0.3, -0.25) is 28.9 Å². The molecule has 2 heterocycles. The van der Waals surface area contributed by atoms with Gasteiger partial charge in [0.1, 0.15) is 11.8 Å². The van der Waals surface area contributed by atoms with Crippen molar-refractivity contribution in [1.82, 2.24) is 15.8 Å². The standard InChI is InChI=1S/C18H32N3O8P/c1-6-13-9-14(21(5)20-13)17(24)26-11-28-30(25)27-10-18(3,4)15(29-30)16(23)19-8-7-12(2)22/h13-15,20H,6-11H2,1-5H3,(H,19,23)/t13?,14?,15-,30-/m0/s1. The highest BCUT2D eigenvalue weighted by atomic mass is 31.2. The Morgan fingerprint density at radius 3 is 2.63 bits per heavy atom. The summed E-state index contributed by atoms with van der Waals surface area (Å²) in [5.41, 5.74) is 2.38. The first kappa shape index (κ1) is 24.9. The molecule has 2 aliphatic heterocycles. The van der Waals surface area contributed by atoms with Gasteiger partial charge in [-0.1, -0.05) is 20.8 Å². The van der Waals surface area contributed by atoms with Crippen molar-refractivity contribution in [1.29, 1.82) is 0 Å². The van der Waals surface area contributed by atoms with Gasteiger partial charge in [-0.25, -0.2) is 14.1 Å². The second-order valence-electron chi connectivity index (χ2n) is 8.24. The zero-order valence-corrected chi connectivity index (χ0v) is 19.0. The number of nitrogens with zero attached hydrogens (tertiary/aromatic N) is 1. The van der Waals surface area contributed by atoms with Crippen molar-refractivity contribution >= 4 is 25.5 Å². The normalized spacial score (nSPS) is 31.3. The maximum Gasteiger partial charge on any atom is 0.478 e. The molecule has 2 fully saturated rings. The number of amides is 1. The molecule has 2 aliphatic rings. The molecule has 30 heavy (non-hydrogen) atoms. The van der Waals surface area contributed by atoms with Crippen LogP contribution in [-0.2, 0) is 37.3 Å². The molecule has 0 aromatic heterocycles. The highest BCUT2D eigenvalue weighted by molar-refractivity contribution is 7.48. The Hall–Kier alpha value is -1.36. The Morgan fingerprint density at radius 1 is 1.33 bits per heavy atom. The summed E-state index contributed by atoms with van der Waals surface area (Å²) < 4.78 is 33.6. The van der Waals surface area contributed by atoms with Crippen LogP contribution in [0, 0.1) is 5.41 Å². The number of phosphoric acid groups is 1. The van der Waals surface area contributed by atoms with Crippen LogP contribution in [0.3, 0.4) is 0 Å². The van der Waals surface area contributed by atoms with Gasteiger partial charge in [0.15, 0.2) is 6.10 Å². The first-order valence-corrected chi connectivity index (χ1v) is 11.4. The third-order valence-electron chi connectivity index (χ3n) is 5.09. The van der Waals surface area contributed by atoms with Crippen LogP contribution in [-0.4, -0.2) is 67.8 Å². The fraction of sp³-hybridized carbons (Fsp3) is 0.833. The zero-order valence-electron chi connectivity index (χ0n) is 18.1. The van der Waals surface area contributed by atoms with Gasteiger partial charge in [-0.15, -0.1) is 0 Å². The van der Waals surface area contributed by atoms with E-state index < -0.39 is 44.1 Å². The molecular weight excluding hydrogens is 417 g/mol. The van der Waals surface area contributed by atoms with Crippen LogP contribution in [0.4, 0.5) is 0 Å². The van der Waals surface area contributed by atoms with E-state index >= 15 is 0 Å². The number of carbonyl (C=O) groups is 3. The molecule has 2 rings (SSSR count). The molecule has 0 aliphatic carbocycles. The lowest BCUT2D eigenvalue weighted by atomic mass is 9.87. The molecule has 2 N–H and O–H groups in total. The van der Waals surface area contributed by atoms with Crippen LogP contribution < -0.4 is 10.7 Å². The molecule has 0 radical (unpaired) electrons. The molecule has 172 valence electrons. The largest absolute Gasteiger partial charge is 0.478 e. The fourth-order valence-corrected chi connectivity index (χ4v) is 4.67. The lowest BCUT2D eigenvalue weighted by molar-refractivity contribution is -0.160. The minimum absolute atomic E-state index is 0.0590. The van der Waals surface area contributed by atoms with Gasteiger partial charge >= 0.3 is 13.8 Å². The number of hydrogen-bond donors (Lipinski definition) is 2. The summed E-state index contributed by atoms with van der Waals surface area (Å²) >= 11 is 0. The van der Waals surface area contributed by atoms with Gasteiger partial charge < -0.3 is 10.1 Å². The van der Waals surface area contributed by atoms with Gasteiger partial charge in [0.25, 0.3) is 0 Å². The summed E-state index contributed by atoms with van der Waals surface area (Å²) in [5.74, 6) is -1.11. The van der Waals surface area contributed by atoms with Crippen LogP contribution in [0.2, 0.25) is 0 Å². The average molecular weight is 449 g/mol. The van der Waals surface area contributed by atoms with Crippen molar-refractivity contribution < 1.29 is 37.3 Å². The van der Waals surface area contributed by atoms with E-state index in [1.165, 1.54) is 6.92 Å². The molecule has 1 amide bonds. The number of ketones is 1. The van der Waals surface area contributed by atoms with E-state index in [-0.39, 0.29) is 31.4 Å². The van der Waals surface area contributed by atoms with E-state index in [1.54, 1.807) is 25.9 Å². The topological polar surface area (TPSA) is 132 Å². The molecule has 0 saturated carbocycles. The maximum absolute atomic E-state index is 12.8. The average Bonchev–Trinajstić information content (AvgIpc) is 3.04. The molecule has 0 aromatic rings. The number of ether oxygens (including phenoxy) is 1. The second-order valence-corrected chi connectivity index (χ2v) is 9.87. The maximum atomic E-state index is 12.8. The summed E-state index contributed by atoms with van der Waals surface area (Å²) in [5, 5.41) is 4.26. The van der Waals surface area contributed by atoms with Crippen molar-refractivity contribution in [3.8, 4) is 0 Å². The van der Waals surface area contributed by atoms with Crippen LogP contribution in [0.25, 0.3) is 0 Å². The van der Waals surface area contributed by atoms with E-state index in [2.05, 4.69) is 10.7 Å². The molecule has 2 unspecified atom stereocenters. The quantitative estimate of drug-likeness (QED) is 0.300. The monoisotopic (exact) mass is 449 g/mol. The lowest BCUT2D eigenvalue weighted by Gasteiger charge is -2.39. The number of nitrogens with one attached hydrogen (secondary N) is 2. The number of Topliss-reactive ketones (excluding diaryl/α,β-unsaturated/α-hetero) is 1. The van der Waals surface area contributed by atoms with Crippen LogP contribution in [0.15, 0.2) is 0 Å². The Kier molecular flexibility index (Phi) is 8.55. The Bertz CT molecular complexity index is 701. The fourth-order valence-electron chi connectivity index (χ4n) is 3.16. The molecule has 0 aromatic carbocycles. The third-order valence-corrected chi connectivity index (χ3v) is 6.43. The van der Waals surface area contributed by atoms with Gasteiger partial charge in [0, 0.05) is 31.5 Å². The van der Waals surface area contributed by atoms with Crippen molar-refractivity contribution in [2.75, 3.05) is 27.0 Å². The van der Waals surface area contributed by atoms with Gasteiger partial charge in [-0.05, 0) is 19.8 Å². The zero-order chi connectivity index (χ0) is 22.5. The van der Waals surface area contributed by atoms with Crippen LogP contribution >= 0.6 is 7.82 Å². The van der Waals surface area contributed by atoms with Crippen molar-refractivity contribution in [2.24, 2.45) is 5.41 Å². The number of hydrazine groups is 1. The predicted molar refractivity (Wildman–Crippen MR) is 106 cm³/mol. The highest BCUT2D eigenvalue weighted by Gasteiger charge is 2.49. The Labute approximate surface area is 176 Å². The minimum Gasteiger partial charge on any atom is -0.437 e. The summed E-state index contributed by atoms with van der Waals surface area (Å²) in [6.07, 6.45) is 0.527. The Morgan fingerprint density at radius 2 is 2.03 bits per heavy atom. The molecule has 2 saturated heterocycles. The van der Waals surface area contributed by atoms with Gasteiger partial charge in [-0.2, -0.15) is 0 Å². The summed E-state index contributed by atoms with van der Waals surface area (Å²) in [6.45, 7) is 6.34. The number of carbonyl (C=O) groups excluding carboxylic acids is 3. The molecule has 0 bridgehead atoms. The molecule has 0 spiro atoms. The number of esters is 1. The summed E-state index contributed by atoms with van der Waals surface area (Å²) in [6, 6.07) is -0.298. The smallest absolute Gasteiger partial charge is 0.437 e. The molecule has 12 heteroatoms. The highest BCUT2D eigenvalue weighted by Crippen LogP contribution is 2.57. The van der Waals surface area contributed by atoms with E-state index in [4.69, 9.17) is 18.3 Å². The molecule has 4 atom stereocenters. The number of rotatable bonds is 9. The SMILES string of the molecule is CCC1CC(C(=O)OCO[P@]2(=O)OCC(C)(C)[C@H](C(=O)NCCC(C)=O)O2)N(C)N1.